The molecule has 18 heavy (non-hydrogen) atoms. The zero-order valence-electron chi connectivity index (χ0n) is 9.61. The average molecular weight is 297 g/mol. The fourth-order valence-corrected chi connectivity index (χ4v) is 2.35. The van der Waals surface area contributed by atoms with E-state index in [0.717, 1.165) is 4.90 Å². The predicted molar refractivity (Wildman–Crippen MR) is 78.1 cm³/mol. The summed E-state index contributed by atoms with van der Waals surface area (Å²) in [5.74, 6) is -0.116. The first kappa shape index (κ1) is 13.5. The highest BCUT2D eigenvalue weighted by molar-refractivity contribution is 7.98. The van der Waals surface area contributed by atoms with Crippen molar-refractivity contribution < 1.29 is 4.79 Å². The molecule has 1 nitrogen and oxygen atoms in total. The van der Waals surface area contributed by atoms with Crippen LogP contribution in [-0.2, 0) is 0 Å². The Hall–Kier alpha value is -0.960. The van der Waals surface area contributed by atoms with Crippen LogP contribution in [0.2, 0.25) is 10.0 Å². The van der Waals surface area contributed by atoms with Crippen LogP contribution in [0, 0.1) is 0 Å². The Morgan fingerprint density at radius 3 is 2.33 bits per heavy atom. The molecule has 0 heterocycles. The van der Waals surface area contributed by atoms with Crippen molar-refractivity contribution in [3.63, 3.8) is 0 Å². The van der Waals surface area contributed by atoms with Gasteiger partial charge in [0.2, 0.25) is 0 Å². The number of ketones is 1. The Morgan fingerprint density at radius 2 is 1.72 bits per heavy atom. The molecule has 0 atom stereocenters. The molecular formula is C14H10Cl2OS. The van der Waals surface area contributed by atoms with Gasteiger partial charge in [-0.2, -0.15) is 0 Å². The standard InChI is InChI=1S/C14H10Cl2OS/c1-18-11-5-2-9(3-6-11)14(17)12-8-10(15)4-7-13(12)16/h2-8H,1H3. The van der Waals surface area contributed by atoms with Crippen molar-refractivity contribution in [1.82, 2.24) is 0 Å². The Bertz CT molecular complexity index is 579. The third-order valence-corrected chi connectivity index (χ3v) is 3.83. The van der Waals surface area contributed by atoms with Gasteiger partial charge >= 0.3 is 0 Å². The zero-order chi connectivity index (χ0) is 13.1. The summed E-state index contributed by atoms with van der Waals surface area (Å²) in [6, 6.07) is 12.3. The minimum atomic E-state index is -0.116. The molecule has 0 bridgehead atoms. The normalized spacial score (nSPS) is 10.4. The molecule has 0 aliphatic carbocycles. The number of rotatable bonds is 3. The van der Waals surface area contributed by atoms with Gasteiger partial charge in [0, 0.05) is 21.0 Å². The van der Waals surface area contributed by atoms with Gasteiger partial charge in [-0.25, -0.2) is 0 Å². The number of carbonyl (C=O) groups is 1. The van der Waals surface area contributed by atoms with Gasteiger partial charge in [-0.3, -0.25) is 4.79 Å². The molecule has 0 unspecified atom stereocenters. The second-order valence-corrected chi connectivity index (χ2v) is 5.41. The average Bonchev–Trinajstić information content (AvgIpc) is 2.41. The van der Waals surface area contributed by atoms with E-state index in [1.54, 1.807) is 42.1 Å². The van der Waals surface area contributed by atoms with Gasteiger partial charge in [0.15, 0.2) is 5.78 Å². The number of hydrogen-bond donors (Lipinski definition) is 0. The van der Waals surface area contributed by atoms with Crippen molar-refractivity contribution in [3.05, 3.63) is 63.6 Å². The molecule has 0 saturated carbocycles. The number of thioether (sulfide) groups is 1. The van der Waals surface area contributed by atoms with Crippen LogP contribution in [0.1, 0.15) is 15.9 Å². The lowest BCUT2D eigenvalue weighted by molar-refractivity contribution is 0.103. The molecule has 0 saturated heterocycles. The Kier molecular flexibility index (Phi) is 4.33. The Labute approximate surface area is 120 Å². The van der Waals surface area contributed by atoms with Gasteiger partial charge < -0.3 is 0 Å². The largest absolute Gasteiger partial charge is 0.289 e. The monoisotopic (exact) mass is 296 g/mol. The van der Waals surface area contributed by atoms with Crippen molar-refractivity contribution in [1.29, 1.82) is 0 Å². The van der Waals surface area contributed by atoms with Gasteiger partial charge in [0.1, 0.15) is 0 Å². The lowest BCUT2D eigenvalue weighted by Gasteiger charge is -2.05. The highest BCUT2D eigenvalue weighted by atomic mass is 35.5. The summed E-state index contributed by atoms with van der Waals surface area (Å²) < 4.78 is 0. The van der Waals surface area contributed by atoms with Crippen LogP contribution >= 0.6 is 35.0 Å². The summed E-state index contributed by atoms with van der Waals surface area (Å²) in [7, 11) is 0. The molecule has 0 aromatic heterocycles. The lowest BCUT2D eigenvalue weighted by atomic mass is 10.0. The molecule has 92 valence electrons. The van der Waals surface area contributed by atoms with Crippen LogP contribution in [0.3, 0.4) is 0 Å². The van der Waals surface area contributed by atoms with Crippen molar-refractivity contribution in [2.24, 2.45) is 0 Å². The van der Waals surface area contributed by atoms with E-state index in [0.29, 0.717) is 21.2 Å². The van der Waals surface area contributed by atoms with E-state index in [9.17, 15) is 4.79 Å². The van der Waals surface area contributed by atoms with Gasteiger partial charge in [0.25, 0.3) is 0 Å². The third kappa shape index (κ3) is 2.89. The fourth-order valence-electron chi connectivity index (χ4n) is 1.57. The van der Waals surface area contributed by atoms with E-state index in [-0.39, 0.29) is 5.78 Å². The summed E-state index contributed by atoms with van der Waals surface area (Å²) >= 11 is 13.5. The van der Waals surface area contributed by atoms with E-state index < -0.39 is 0 Å². The molecule has 0 spiro atoms. The quantitative estimate of drug-likeness (QED) is 0.589. The maximum absolute atomic E-state index is 12.3. The number of benzene rings is 2. The first-order chi connectivity index (χ1) is 8.61. The first-order valence-corrected chi connectivity index (χ1v) is 7.23. The van der Waals surface area contributed by atoms with Crippen molar-refractivity contribution in [3.8, 4) is 0 Å². The van der Waals surface area contributed by atoms with Crippen molar-refractivity contribution >= 4 is 40.7 Å². The molecule has 2 rings (SSSR count). The van der Waals surface area contributed by atoms with Crippen LogP contribution in [0.5, 0.6) is 0 Å². The van der Waals surface area contributed by atoms with Crippen LogP contribution in [0.15, 0.2) is 47.4 Å². The van der Waals surface area contributed by atoms with Gasteiger partial charge in [0.05, 0.1) is 5.02 Å². The number of carbonyl (C=O) groups excluding carboxylic acids is 1. The van der Waals surface area contributed by atoms with Crippen molar-refractivity contribution in [2.75, 3.05) is 6.26 Å². The topological polar surface area (TPSA) is 17.1 Å². The minimum absolute atomic E-state index is 0.116. The third-order valence-electron chi connectivity index (χ3n) is 2.53. The summed E-state index contributed by atoms with van der Waals surface area (Å²) in [4.78, 5) is 13.4. The summed E-state index contributed by atoms with van der Waals surface area (Å²) in [6.07, 6.45) is 1.99. The van der Waals surface area contributed by atoms with Gasteiger partial charge in [-0.1, -0.05) is 23.2 Å². The molecule has 0 aliphatic rings. The molecule has 0 N–H and O–H groups in total. The van der Waals surface area contributed by atoms with E-state index in [1.807, 2.05) is 18.4 Å². The molecule has 2 aromatic rings. The SMILES string of the molecule is CSc1ccc(C(=O)c2cc(Cl)ccc2Cl)cc1. The Balaban J connectivity index is 2.38. The molecule has 0 amide bonds. The zero-order valence-corrected chi connectivity index (χ0v) is 11.9. The predicted octanol–water partition coefficient (Wildman–Crippen LogP) is 4.95. The highest BCUT2D eigenvalue weighted by Crippen LogP contribution is 2.24. The first-order valence-electron chi connectivity index (χ1n) is 5.25. The number of hydrogen-bond acceptors (Lipinski definition) is 2. The van der Waals surface area contributed by atoms with E-state index in [4.69, 9.17) is 23.2 Å². The second-order valence-electron chi connectivity index (χ2n) is 3.68. The van der Waals surface area contributed by atoms with Gasteiger partial charge in [-0.05, 0) is 48.7 Å². The summed E-state index contributed by atoms with van der Waals surface area (Å²) in [5, 5.41) is 0.918. The van der Waals surface area contributed by atoms with E-state index >= 15 is 0 Å². The summed E-state index contributed by atoms with van der Waals surface area (Å²) in [6.45, 7) is 0. The molecule has 0 fully saturated rings. The van der Waals surface area contributed by atoms with Crippen LogP contribution in [0.25, 0.3) is 0 Å². The van der Waals surface area contributed by atoms with Crippen LogP contribution < -0.4 is 0 Å². The lowest BCUT2D eigenvalue weighted by Crippen LogP contribution is -2.02. The van der Waals surface area contributed by atoms with E-state index in [2.05, 4.69) is 0 Å². The smallest absolute Gasteiger partial charge is 0.194 e. The van der Waals surface area contributed by atoms with Crippen LogP contribution in [0.4, 0.5) is 0 Å². The minimum Gasteiger partial charge on any atom is -0.289 e. The molecule has 4 heteroatoms. The Morgan fingerprint density at radius 1 is 1.06 bits per heavy atom. The van der Waals surface area contributed by atoms with Gasteiger partial charge in [-0.15, -0.1) is 11.8 Å². The highest BCUT2D eigenvalue weighted by Gasteiger charge is 2.13. The molecule has 2 aromatic carbocycles. The molecule has 0 radical (unpaired) electrons. The summed E-state index contributed by atoms with van der Waals surface area (Å²) in [5.41, 5.74) is 1.04. The van der Waals surface area contributed by atoms with Crippen LogP contribution in [-0.4, -0.2) is 12.0 Å². The van der Waals surface area contributed by atoms with Crippen molar-refractivity contribution in [2.45, 2.75) is 4.90 Å². The second kappa shape index (κ2) is 5.79. The maximum Gasteiger partial charge on any atom is 0.194 e. The molecule has 0 aliphatic heterocycles. The molecular weight excluding hydrogens is 287 g/mol. The van der Waals surface area contributed by atoms with E-state index in [1.165, 1.54) is 0 Å². The maximum atomic E-state index is 12.3. The number of halogens is 2. The fraction of sp³-hybridized carbons (Fsp3) is 0.0714.